The van der Waals surface area contributed by atoms with E-state index >= 15 is 0 Å². The topological polar surface area (TPSA) is 142 Å². The molecule has 0 spiro atoms. The summed E-state index contributed by atoms with van der Waals surface area (Å²) in [6, 6.07) is 18.1. The number of nitrogens with zero attached hydrogens (tertiary/aromatic N) is 4. The molecular weight excluding hydrogens is 422 g/mol. The smallest absolute Gasteiger partial charge is 0.251 e. The van der Waals surface area contributed by atoms with Gasteiger partial charge in [0.15, 0.2) is 5.82 Å². The highest BCUT2D eigenvalue weighted by Gasteiger charge is 2.15. The number of aromatic amines is 2. The van der Waals surface area contributed by atoms with Crippen LogP contribution >= 0.6 is 0 Å². The van der Waals surface area contributed by atoms with E-state index in [4.69, 9.17) is 4.74 Å². The molecule has 33 heavy (non-hydrogen) atoms. The fraction of sp³-hybridized carbons (Fsp3) is 0.0870. The van der Waals surface area contributed by atoms with Gasteiger partial charge < -0.3 is 20.1 Å². The average molecular weight is 441 g/mol. The molecule has 5 rings (SSSR count). The molecule has 0 saturated heterocycles. The number of nitrogens with one attached hydrogen (secondary N) is 3. The van der Waals surface area contributed by atoms with Crippen LogP contribution in [0, 0.1) is 0 Å². The van der Waals surface area contributed by atoms with Crippen molar-refractivity contribution in [1.29, 1.82) is 0 Å². The van der Waals surface area contributed by atoms with Crippen molar-refractivity contribution in [2.75, 3.05) is 7.11 Å². The third-order valence-corrected chi connectivity index (χ3v) is 5.21. The Morgan fingerprint density at radius 3 is 2.79 bits per heavy atom. The van der Waals surface area contributed by atoms with E-state index in [9.17, 15) is 9.90 Å². The van der Waals surface area contributed by atoms with Gasteiger partial charge in [-0.3, -0.25) is 4.79 Å². The number of methoxy groups -OCH3 is 1. The monoisotopic (exact) mass is 441 g/mol. The lowest BCUT2D eigenvalue weighted by Crippen LogP contribution is -2.23. The van der Waals surface area contributed by atoms with Crippen LogP contribution in [0.2, 0.25) is 0 Å². The zero-order valence-corrected chi connectivity index (χ0v) is 17.5. The number of hydrogen-bond donors (Lipinski definition) is 4. The van der Waals surface area contributed by atoms with E-state index in [0.29, 0.717) is 33.8 Å². The predicted molar refractivity (Wildman–Crippen MR) is 121 cm³/mol. The van der Waals surface area contributed by atoms with Gasteiger partial charge in [-0.05, 0) is 42.0 Å². The van der Waals surface area contributed by atoms with Crippen LogP contribution in [-0.4, -0.2) is 48.7 Å². The van der Waals surface area contributed by atoms with Gasteiger partial charge in [0.25, 0.3) is 5.91 Å². The normalized spacial score (nSPS) is 10.9. The van der Waals surface area contributed by atoms with Gasteiger partial charge in [-0.25, -0.2) is 4.98 Å². The molecule has 1 amide bonds. The zero-order chi connectivity index (χ0) is 22.8. The molecule has 0 bridgehead atoms. The van der Waals surface area contributed by atoms with Crippen LogP contribution in [0.3, 0.4) is 0 Å². The number of para-hydroxylation sites is 1. The second-order valence-electron chi connectivity index (χ2n) is 7.26. The number of H-pyrrole nitrogens is 2. The largest absolute Gasteiger partial charge is 0.507 e. The maximum absolute atomic E-state index is 12.5. The Bertz CT molecular complexity index is 1440. The van der Waals surface area contributed by atoms with Crippen molar-refractivity contribution in [1.82, 2.24) is 35.9 Å². The van der Waals surface area contributed by atoms with Gasteiger partial charge in [0.2, 0.25) is 0 Å². The minimum absolute atomic E-state index is 0.0887. The molecule has 0 atom stereocenters. The van der Waals surface area contributed by atoms with Gasteiger partial charge in [-0.15, -0.1) is 10.2 Å². The molecule has 2 heterocycles. The van der Waals surface area contributed by atoms with E-state index in [1.54, 1.807) is 31.4 Å². The van der Waals surface area contributed by atoms with Crippen molar-refractivity contribution >= 4 is 16.9 Å². The Balaban J connectivity index is 1.46. The molecule has 0 saturated carbocycles. The lowest BCUT2D eigenvalue weighted by molar-refractivity contribution is 0.0950. The molecule has 2 aromatic heterocycles. The quantitative estimate of drug-likeness (QED) is 0.317. The average Bonchev–Trinajstić information content (AvgIpc) is 3.52. The third kappa shape index (κ3) is 3.97. The number of carbonyl (C=O) groups is 1. The molecule has 4 N–H and O–H groups in total. The lowest BCUT2D eigenvalue weighted by atomic mass is 10.0. The van der Waals surface area contributed by atoms with Gasteiger partial charge >= 0.3 is 0 Å². The molecule has 5 aromatic rings. The van der Waals surface area contributed by atoms with Crippen LogP contribution in [0.1, 0.15) is 16.2 Å². The van der Waals surface area contributed by atoms with Crippen LogP contribution in [0.25, 0.3) is 33.5 Å². The predicted octanol–water partition coefficient (Wildman–Crippen LogP) is 3.05. The van der Waals surface area contributed by atoms with Crippen molar-refractivity contribution in [3.63, 3.8) is 0 Å². The molecule has 0 aliphatic rings. The van der Waals surface area contributed by atoms with E-state index in [2.05, 4.69) is 35.9 Å². The molecule has 3 aromatic carbocycles. The number of tetrazole rings is 1. The van der Waals surface area contributed by atoms with Crippen molar-refractivity contribution in [3.8, 4) is 34.0 Å². The number of aromatic hydroxyl groups is 1. The summed E-state index contributed by atoms with van der Waals surface area (Å²) in [5, 5.41) is 26.7. The number of hydrogen-bond acceptors (Lipinski definition) is 7. The van der Waals surface area contributed by atoms with E-state index in [-0.39, 0.29) is 18.2 Å². The van der Waals surface area contributed by atoms with E-state index in [1.807, 2.05) is 36.4 Å². The number of imidazole rings is 1. The zero-order valence-electron chi connectivity index (χ0n) is 17.5. The number of phenols is 1. The minimum Gasteiger partial charge on any atom is -0.507 e. The van der Waals surface area contributed by atoms with Crippen molar-refractivity contribution in [2.24, 2.45) is 0 Å². The molecular formula is C23H19N7O3. The fourth-order valence-corrected chi connectivity index (χ4v) is 3.57. The Hall–Kier alpha value is -4.73. The van der Waals surface area contributed by atoms with Crippen molar-refractivity contribution in [2.45, 2.75) is 6.54 Å². The summed E-state index contributed by atoms with van der Waals surface area (Å²) in [5.41, 5.74) is 4.10. The molecule has 0 fully saturated rings. The van der Waals surface area contributed by atoms with E-state index < -0.39 is 0 Å². The summed E-state index contributed by atoms with van der Waals surface area (Å²) in [7, 11) is 1.62. The number of ether oxygens (including phenoxy) is 1. The fourth-order valence-electron chi connectivity index (χ4n) is 3.57. The number of fused-ring (bicyclic) bond motifs is 1. The number of phenolic OH excluding ortho intramolecular Hbond substituents is 1. The Kier molecular flexibility index (Phi) is 5.15. The first kappa shape index (κ1) is 20.2. The summed E-state index contributed by atoms with van der Waals surface area (Å²) in [4.78, 5) is 20.3. The maximum atomic E-state index is 12.5. The van der Waals surface area contributed by atoms with Gasteiger partial charge in [-0.2, -0.15) is 5.21 Å². The number of benzene rings is 3. The molecule has 0 radical (unpaired) electrons. The standard InChI is InChI=1S/C23H19N7O3/c1-33-20-5-3-2-4-15(20)13-7-9-19(31)16(10-13)22-25-17-8-6-14(11-18(17)26-22)23(32)24-12-21-27-29-30-28-21/h2-11,31H,12H2,1H3,(H,24,32)(H,25,26)(H,27,28,29,30). The van der Waals surface area contributed by atoms with E-state index in [1.165, 1.54) is 0 Å². The summed E-state index contributed by atoms with van der Waals surface area (Å²) in [5.74, 6) is 1.42. The highest BCUT2D eigenvalue weighted by atomic mass is 16.5. The SMILES string of the molecule is COc1ccccc1-c1ccc(O)c(-c2nc3ccc(C(=O)NCc4nn[nH]n4)cc3[nH]2)c1. The van der Waals surface area contributed by atoms with E-state index in [0.717, 1.165) is 16.9 Å². The lowest BCUT2D eigenvalue weighted by Gasteiger charge is -2.10. The van der Waals surface area contributed by atoms with Crippen LogP contribution in [0.5, 0.6) is 11.5 Å². The number of rotatable bonds is 6. The second kappa shape index (κ2) is 8.42. The summed E-state index contributed by atoms with van der Waals surface area (Å²) < 4.78 is 5.47. The number of carbonyl (C=O) groups excluding carboxylic acids is 1. The van der Waals surface area contributed by atoms with Crippen LogP contribution in [-0.2, 0) is 6.54 Å². The first-order valence-electron chi connectivity index (χ1n) is 10.1. The van der Waals surface area contributed by atoms with Crippen LogP contribution < -0.4 is 10.1 Å². The molecule has 0 unspecified atom stereocenters. The van der Waals surface area contributed by atoms with Gasteiger partial charge in [-0.1, -0.05) is 29.5 Å². The Morgan fingerprint density at radius 2 is 1.97 bits per heavy atom. The van der Waals surface area contributed by atoms with Gasteiger partial charge in [0.1, 0.15) is 17.3 Å². The molecule has 10 nitrogen and oxygen atoms in total. The molecule has 10 heteroatoms. The molecule has 164 valence electrons. The number of amides is 1. The van der Waals surface area contributed by atoms with Crippen LogP contribution in [0.4, 0.5) is 0 Å². The maximum Gasteiger partial charge on any atom is 0.251 e. The highest BCUT2D eigenvalue weighted by Crippen LogP contribution is 2.36. The summed E-state index contributed by atoms with van der Waals surface area (Å²) >= 11 is 0. The molecule has 0 aliphatic heterocycles. The summed E-state index contributed by atoms with van der Waals surface area (Å²) in [6.45, 7) is 0.158. The second-order valence-corrected chi connectivity index (χ2v) is 7.26. The Labute approximate surface area is 187 Å². The summed E-state index contributed by atoms with van der Waals surface area (Å²) in [6.07, 6.45) is 0. The first-order chi connectivity index (χ1) is 16.1. The third-order valence-electron chi connectivity index (χ3n) is 5.21. The Morgan fingerprint density at radius 1 is 1.09 bits per heavy atom. The number of aromatic nitrogens is 6. The van der Waals surface area contributed by atoms with Gasteiger partial charge in [0.05, 0.1) is 30.3 Å². The van der Waals surface area contributed by atoms with Gasteiger partial charge in [0, 0.05) is 11.1 Å². The first-order valence-corrected chi connectivity index (χ1v) is 10.1. The molecule has 0 aliphatic carbocycles. The van der Waals surface area contributed by atoms with Crippen molar-refractivity contribution in [3.05, 3.63) is 72.1 Å². The van der Waals surface area contributed by atoms with Crippen LogP contribution in [0.15, 0.2) is 60.7 Å². The van der Waals surface area contributed by atoms with Crippen molar-refractivity contribution < 1.29 is 14.6 Å². The minimum atomic E-state index is -0.279. The highest BCUT2D eigenvalue weighted by molar-refractivity contribution is 5.97.